The summed E-state index contributed by atoms with van der Waals surface area (Å²) in [6.07, 6.45) is 6.95. The Morgan fingerprint density at radius 1 is 1.50 bits per heavy atom. The number of likely N-dealkylation sites (N-methyl/N-ethyl adjacent to an activating group) is 1. The molecule has 1 aliphatic heterocycles. The van der Waals surface area contributed by atoms with E-state index in [1.807, 2.05) is 12.3 Å². The van der Waals surface area contributed by atoms with E-state index in [0.29, 0.717) is 0 Å². The van der Waals surface area contributed by atoms with Crippen LogP contribution in [-0.4, -0.2) is 25.0 Å². The highest BCUT2D eigenvalue weighted by atomic mass is 16.3. The first-order chi connectivity index (χ1) is 5.86. The van der Waals surface area contributed by atoms with Crippen LogP contribution in [0.2, 0.25) is 0 Å². The lowest BCUT2D eigenvalue weighted by molar-refractivity contribution is 0.370. The Labute approximate surface area is 72.5 Å². The van der Waals surface area contributed by atoms with Crippen LogP contribution in [0.15, 0.2) is 29.1 Å². The Kier molecular flexibility index (Phi) is 2.00. The van der Waals surface area contributed by atoms with Gasteiger partial charge in [0.2, 0.25) is 0 Å². The number of rotatable bonds is 1. The molecule has 0 aliphatic carbocycles. The molecular formula is C10H13NO. The first kappa shape index (κ1) is 7.62. The molecule has 0 bridgehead atoms. The largest absolute Gasteiger partial charge is 0.472 e. The smallest absolute Gasteiger partial charge is 0.0977 e. The number of hydrogen-bond acceptors (Lipinski definition) is 2. The average molecular weight is 163 g/mol. The first-order valence-electron chi connectivity index (χ1n) is 4.26. The molecule has 2 heterocycles. The van der Waals surface area contributed by atoms with E-state index in [4.69, 9.17) is 4.42 Å². The minimum Gasteiger partial charge on any atom is -0.472 e. The summed E-state index contributed by atoms with van der Waals surface area (Å²) in [5, 5.41) is 0. The first-order valence-corrected chi connectivity index (χ1v) is 4.26. The summed E-state index contributed by atoms with van der Waals surface area (Å²) < 4.78 is 5.04. The van der Waals surface area contributed by atoms with Gasteiger partial charge < -0.3 is 9.32 Å². The second-order valence-corrected chi connectivity index (χ2v) is 3.25. The normalized spacial score (nSPS) is 19.2. The van der Waals surface area contributed by atoms with E-state index in [1.54, 1.807) is 6.26 Å². The maximum atomic E-state index is 5.04. The molecule has 0 amide bonds. The van der Waals surface area contributed by atoms with Crippen molar-refractivity contribution in [3.63, 3.8) is 0 Å². The van der Waals surface area contributed by atoms with Gasteiger partial charge in [-0.2, -0.15) is 0 Å². The molecular weight excluding hydrogens is 150 g/mol. The predicted octanol–water partition coefficient (Wildman–Crippen LogP) is 2.00. The summed E-state index contributed by atoms with van der Waals surface area (Å²) in [7, 11) is 2.14. The maximum Gasteiger partial charge on any atom is 0.0977 e. The maximum absolute atomic E-state index is 5.04. The van der Waals surface area contributed by atoms with Gasteiger partial charge in [-0.25, -0.2) is 0 Å². The fourth-order valence-corrected chi connectivity index (χ4v) is 1.48. The van der Waals surface area contributed by atoms with Gasteiger partial charge >= 0.3 is 0 Å². The Morgan fingerprint density at radius 3 is 3.00 bits per heavy atom. The number of nitrogens with zero attached hydrogens (tertiary/aromatic N) is 1. The second kappa shape index (κ2) is 3.15. The highest BCUT2D eigenvalue weighted by Gasteiger charge is 2.09. The fraction of sp³-hybridized carbons (Fsp3) is 0.400. The van der Waals surface area contributed by atoms with Gasteiger partial charge in [0, 0.05) is 18.7 Å². The summed E-state index contributed by atoms with van der Waals surface area (Å²) in [4.78, 5) is 2.31. The highest BCUT2D eigenvalue weighted by molar-refractivity contribution is 5.65. The van der Waals surface area contributed by atoms with Gasteiger partial charge in [-0.15, -0.1) is 0 Å². The monoisotopic (exact) mass is 163 g/mol. The molecule has 2 rings (SSSR count). The van der Waals surface area contributed by atoms with Gasteiger partial charge in [-0.1, -0.05) is 6.08 Å². The lowest BCUT2D eigenvalue weighted by Gasteiger charge is -2.21. The van der Waals surface area contributed by atoms with Crippen LogP contribution in [0.5, 0.6) is 0 Å². The summed E-state index contributed by atoms with van der Waals surface area (Å²) in [5.41, 5.74) is 2.66. The molecule has 0 unspecified atom stereocenters. The van der Waals surface area contributed by atoms with Crippen molar-refractivity contribution >= 4 is 5.57 Å². The molecule has 64 valence electrons. The quantitative estimate of drug-likeness (QED) is 0.629. The van der Waals surface area contributed by atoms with E-state index < -0.39 is 0 Å². The van der Waals surface area contributed by atoms with E-state index in [2.05, 4.69) is 18.0 Å². The van der Waals surface area contributed by atoms with E-state index >= 15 is 0 Å². The highest BCUT2D eigenvalue weighted by Crippen LogP contribution is 2.21. The molecule has 0 radical (unpaired) electrons. The average Bonchev–Trinajstić information content (AvgIpc) is 2.58. The zero-order valence-corrected chi connectivity index (χ0v) is 7.29. The van der Waals surface area contributed by atoms with E-state index in [0.717, 1.165) is 19.5 Å². The molecule has 1 aromatic heterocycles. The second-order valence-electron chi connectivity index (χ2n) is 3.25. The molecule has 12 heavy (non-hydrogen) atoms. The lowest BCUT2D eigenvalue weighted by atomic mass is 10.0. The number of furan rings is 1. The Hall–Kier alpha value is -1.02. The van der Waals surface area contributed by atoms with Crippen molar-refractivity contribution < 1.29 is 4.42 Å². The zero-order valence-electron chi connectivity index (χ0n) is 7.29. The van der Waals surface area contributed by atoms with Crippen molar-refractivity contribution in [1.82, 2.24) is 4.90 Å². The van der Waals surface area contributed by atoms with Crippen molar-refractivity contribution in [2.24, 2.45) is 0 Å². The topological polar surface area (TPSA) is 16.4 Å². The van der Waals surface area contributed by atoms with Crippen molar-refractivity contribution in [3.8, 4) is 0 Å². The summed E-state index contributed by atoms with van der Waals surface area (Å²) in [6.45, 7) is 2.21. The molecule has 0 saturated carbocycles. The summed E-state index contributed by atoms with van der Waals surface area (Å²) in [5.74, 6) is 0. The van der Waals surface area contributed by atoms with E-state index in [1.165, 1.54) is 11.1 Å². The molecule has 0 aromatic carbocycles. The Bertz CT molecular complexity index is 274. The van der Waals surface area contributed by atoms with E-state index in [9.17, 15) is 0 Å². The minimum absolute atomic E-state index is 1.06. The van der Waals surface area contributed by atoms with E-state index in [-0.39, 0.29) is 0 Å². The number of hydrogen-bond donors (Lipinski definition) is 0. The summed E-state index contributed by atoms with van der Waals surface area (Å²) >= 11 is 0. The molecule has 0 N–H and O–H groups in total. The third kappa shape index (κ3) is 1.43. The van der Waals surface area contributed by atoms with Gasteiger partial charge in [0.25, 0.3) is 0 Å². The van der Waals surface area contributed by atoms with Crippen molar-refractivity contribution in [2.45, 2.75) is 6.42 Å². The SMILES string of the molecule is CN1CC=C(c2ccoc2)CC1. The van der Waals surface area contributed by atoms with Crippen molar-refractivity contribution in [3.05, 3.63) is 30.2 Å². The van der Waals surface area contributed by atoms with Gasteiger partial charge in [0.1, 0.15) is 0 Å². The van der Waals surface area contributed by atoms with Crippen LogP contribution in [0.3, 0.4) is 0 Å². The predicted molar refractivity (Wildman–Crippen MR) is 48.8 cm³/mol. The molecule has 0 fully saturated rings. The van der Waals surface area contributed by atoms with Gasteiger partial charge in [-0.3, -0.25) is 0 Å². The Balaban J connectivity index is 2.16. The molecule has 0 atom stereocenters. The van der Waals surface area contributed by atoms with Gasteiger partial charge in [0.15, 0.2) is 0 Å². The molecule has 0 spiro atoms. The van der Waals surface area contributed by atoms with Gasteiger partial charge in [-0.05, 0) is 25.1 Å². The summed E-state index contributed by atoms with van der Waals surface area (Å²) in [6, 6.07) is 2.02. The van der Waals surface area contributed by atoms with Crippen LogP contribution in [0.25, 0.3) is 5.57 Å². The zero-order chi connectivity index (χ0) is 8.39. The van der Waals surface area contributed by atoms with Crippen LogP contribution in [0.4, 0.5) is 0 Å². The third-order valence-electron chi connectivity index (χ3n) is 2.30. The van der Waals surface area contributed by atoms with Crippen LogP contribution in [0.1, 0.15) is 12.0 Å². The minimum atomic E-state index is 1.06. The molecule has 2 heteroatoms. The van der Waals surface area contributed by atoms with Crippen LogP contribution >= 0.6 is 0 Å². The van der Waals surface area contributed by atoms with Crippen LogP contribution < -0.4 is 0 Å². The van der Waals surface area contributed by atoms with Crippen LogP contribution in [-0.2, 0) is 0 Å². The lowest BCUT2D eigenvalue weighted by Crippen LogP contribution is -2.23. The standard InChI is InChI=1S/C10H13NO/c1-11-5-2-9(3-6-11)10-4-7-12-8-10/h2,4,7-8H,3,5-6H2,1H3. The third-order valence-corrected chi connectivity index (χ3v) is 2.30. The Morgan fingerprint density at radius 2 is 2.42 bits per heavy atom. The molecule has 1 aromatic rings. The molecule has 2 nitrogen and oxygen atoms in total. The van der Waals surface area contributed by atoms with Crippen molar-refractivity contribution in [1.29, 1.82) is 0 Å². The molecule has 1 aliphatic rings. The fourth-order valence-electron chi connectivity index (χ4n) is 1.48. The van der Waals surface area contributed by atoms with Crippen LogP contribution in [0, 0.1) is 0 Å². The van der Waals surface area contributed by atoms with Gasteiger partial charge in [0.05, 0.1) is 12.5 Å². The van der Waals surface area contributed by atoms with Crippen molar-refractivity contribution in [2.75, 3.05) is 20.1 Å². The molecule has 0 saturated heterocycles.